The average Bonchev–Trinajstić information content (AvgIpc) is 2.29. The Kier molecular flexibility index (Phi) is 4.58. The fraction of sp³-hybridized carbons (Fsp3) is 0.500. The first-order valence-electron chi connectivity index (χ1n) is 5.15. The molecule has 16 heavy (non-hydrogen) atoms. The highest BCUT2D eigenvalue weighted by Gasteiger charge is 2.22. The van der Waals surface area contributed by atoms with Gasteiger partial charge in [-0.1, -0.05) is 6.07 Å². The molecule has 1 rings (SSSR count). The number of aliphatic hydroxyl groups excluding tert-OH is 1. The topological polar surface area (TPSA) is 50.7 Å². The van der Waals surface area contributed by atoms with Crippen molar-refractivity contribution in [2.24, 2.45) is 0 Å². The maximum Gasteiger partial charge on any atom is 0.120 e. The fourth-order valence-electron chi connectivity index (χ4n) is 1.49. The minimum Gasteiger partial charge on any atom is -0.497 e. The van der Waals surface area contributed by atoms with Crippen molar-refractivity contribution in [3.05, 3.63) is 24.3 Å². The van der Waals surface area contributed by atoms with Crippen LogP contribution in [0, 0.1) is 0 Å². The van der Waals surface area contributed by atoms with Crippen LogP contribution in [0.25, 0.3) is 0 Å². The molecule has 0 heterocycles. The number of benzene rings is 1. The Hall–Kier alpha value is -1.26. The molecule has 0 aliphatic heterocycles. The van der Waals surface area contributed by atoms with Gasteiger partial charge in [-0.25, -0.2) is 0 Å². The van der Waals surface area contributed by atoms with Crippen molar-refractivity contribution in [1.29, 1.82) is 0 Å². The van der Waals surface area contributed by atoms with Gasteiger partial charge < -0.3 is 19.9 Å². The van der Waals surface area contributed by atoms with Crippen LogP contribution in [0.3, 0.4) is 0 Å². The standard InChI is InChI=1S/C12H19NO3/c1-12(8-14,9-15-2)13-10-5-4-6-11(7-10)16-3/h4-7,13-14H,8-9H2,1-3H3. The second kappa shape index (κ2) is 5.72. The summed E-state index contributed by atoms with van der Waals surface area (Å²) in [5.41, 5.74) is 0.411. The van der Waals surface area contributed by atoms with Gasteiger partial charge in [0.05, 0.1) is 25.9 Å². The highest BCUT2D eigenvalue weighted by Crippen LogP contribution is 2.20. The first-order valence-corrected chi connectivity index (χ1v) is 5.15. The molecule has 1 atom stereocenters. The molecule has 0 bridgehead atoms. The smallest absolute Gasteiger partial charge is 0.120 e. The molecule has 0 radical (unpaired) electrons. The second-order valence-corrected chi connectivity index (χ2v) is 4.01. The van der Waals surface area contributed by atoms with Crippen LogP contribution in [0.2, 0.25) is 0 Å². The van der Waals surface area contributed by atoms with Gasteiger partial charge in [-0.05, 0) is 19.1 Å². The molecule has 1 aromatic carbocycles. The normalized spacial score (nSPS) is 14.2. The van der Waals surface area contributed by atoms with Gasteiger partial charge in [0.2, 0.25) is 0 Å². The molecule has 90 valence electrons. The van der Waals surface area contributed by atoms with Crippen molar-refractivity contribution < 1.29 is 14.6 Å². The van der Waals surface area contributed by atoms with Crippen molar-refractivity contribution in [3.63, 3.8) is 0 Å². The maximum atomic E-state index is 9.33. The van der Waals surface area contributed by atoms with Gasteiger partial charge in [0.25, 0.3) is 0 Å². The lowest BCUT2D eigenvalue weighted by molar-refractivity contribution is 0.108. The van der Waals surface area contributed by atoms with Crippen LogP contribution in [0.1, 0.15) is 6.92 Å². The third-order valence-corrected chi connectivity index (χ3v) is 2.33. The molecule has 0 saturated carbocycles. The predicted molar refractivity (Wildman–Crippen MR) is 64.0 cm³/mol. The minimum absolute atomic E-state index is 0.00193. The van der Waals surface area contributed by atoms with E-state index < -0.39 is 5.54 Å². The van der Waals surface area contributed by atoms with Crippen LogP contribution in [0.4, 0.5) is 5.69 Å². The van der Waals surface area contributed by atoms with E-state index in [4.69, 9.17) is 9.47 Å². The van der Waals surface area contributed by atoms with E-state index in [9.17, 15) is 5.11 Å². The average molecular weight is 225 g/mol. The number of nitrogens with one attached hydrogen (secondary N) is 1. The van der Waals surface area contributed by atoms with Crippen LogP contribution in [0.15, 0.2) is 24.3 Å². The molecule has 0 fully saturated rings. The van der Waals surface area contributed by atoms with Crippen LogP contribution < -0.4 is 10.1 Å². The van der Waals surface area contributed by atoms with E-state index in [-0.39, 0.29) is 6.61 Å². The molecule has 0 aliphatic rings. The molecular weight excluding hydrogens is 206 g/mol. The highest BCUT2D eigenvalue weighted by atomic mass is 16.5. The van der Waals surface area contributed by atoms with Crippen LogP contribution >= 0.6 is 0 Å². The van der Waals surface area contributed by atoms with Gasteiger partial charge in [0.15, 0.2) is 0 Å². The molecule has 0 amide bonds. The highest BCUT2D eigenvalue weighted by molar-refractivity contribution is 5.50. The van der Waals surface area contributed by atoms with Crippen molar-refractivity contribution in [1.82, 2.24) is 0 Å². The summed E-state index contributed by atoms with van der Waals surface area (Å²) in [6.07, 6.45) is 0. The first kappa shape index (κ1) is 12.8. The largest absolute Gasteiger partial charge is 0.497 e. The monoisotopic (exact) mass is 225 g/mol. The Balaban J connectivity index is 2.77. The molecule has 0 saturated heterocycles. The van der Waals surface area contributed by atoms with E-state index in [1.807, 2.05) is 31.2 Å². The zero-order valence-corrected chi connectivity index (χ0v) is 9.99. The molecular formula is C12H19NO3. The molecule has 0 aromatic heterocycles. The van der Waals surface area contributed by atoms with Gasteiger partial charge >= 0.3 is 0 Å². The second-order valence-electron chi connectivity index (χ2n) is 4.01. The summed E-state index contributed by atoms with van der Waals surface area (Å²) in [5, 5.41) is 12.6. The number of rotatable bonds is 6. The third-order valence-electron chi connectivity index (χ3n) is 2.33. The minimum atomic E-state index is -0.485. The van der Waals surface area contributed by atoms with E-state index in [2.05, 4.69) is 5.32 Å². The lowest BCUT2D eigenvalue weighted by Crippen LogP contribution is -2.43. The fourth-order valence-corrected chi connectivity index (χ4v) is 1.49. The Morgan fingerprint density at radius 2 is 2.12 bits per heavy atom. The van der Waals surface area contributed by atoms with Gasteiger partial charge in [-0.2, -0.15) is 0 Å². The molecule has 2 N–H and O–H groups in total. The number of anilines is 1. The summed E-state index contributed by atoms with van der Waals surface area (Å²) in [6.45, 7) is 2.33. The summed E-state index contributed by atoms with van der Waals surface area (Å²) in [6, 6.07) is 7.57. The SMILES string of the molecule is COCC(C)(CO)Nc1cccc(OC)c1. The molecule has 1 aromatic rings. The van der Waals surface area contributed by atoms with E-state index >= 15 is 0 Å². The van der Waals surface area contributed by atoms with Gasteiger partial charge in [-0.3, -0.25) is 0 Å². The number of aliphatic hydroxyl groups is 1. The van der Waals surface area contributed by atoms with Gasteiger partial charge in [0, 0.05) is 18.9 Å². The van der Waals surface area contributed by atoms with Crippen LogP contribution in [-0.4, -0.2) is 38.1 Å². The zero-order valence-electron chi connectivity index (χ0n) is 9.99. The summed E-state index contributed by atoms with van der Waals surface area (Å²) in [5.74, 6) is 0.780. The Labute approximate surface area is 96.2 Å². The Morgan fingerprint density at radius 3 is 2.69 bits per heavy atom. The zero-order chi connectivity index (χ0) is 12.0. The van der Waals surface area contributed by atoms with Crippen molar-refractivity contribution in [2.45, 2.75) is 12.5 Å². The van der Waals surface area contributed by atoms with E-state index in [0.717, 1.165) is 11.4 Å². The van der Waals surface area contributed by atoms with Crippen molar-refractivity contribution >= 4 is 5.69 Å². The Bertz CT molecular complexity index is 330. The number of ether oxygens (including phenoxy) is 2. The molecule has 4 heteroatoms. The van der Waals surface area contributed by atoms with Gasteiger partial charge in [0.1, 0.15) is 5.75 Å². The molecule has 0 aliphatic carbocycles. The lowest BCUT2D eigenvalue weighted by atomic mass is 10.0. The summed E-state index contributed by atoms with van der Waals surface area (Å²) >= 11 is 0. The molecule has 4 nitrogen and oxygen atoms in total. The van der Waals surface area contributed by atoms with Crippen LogP contribution in [0.5, 0.6) is 5.75 Å². The predicted octanol–water partition coefficient (Wildman–Crippen LogP) is 1.50. The Morgan fingerprint density at radius 1 is 1.38 bits per heavy atom. The third kappa shape index (κ3) is 3.40. The first-order chi connectivity index (χ1) is 7.63. The number of hydrogen-bond donors (Lipinski definition) is 2. The maximum absolute atomic E-state index is 9.33. The molecule has 0 spiro atoms. The van der Waals surface area contributed by atoms with E-state index in [1.165, 1.54) is 0 Å². The van der Waals surface area contributed by atoms with Crippen molar-refractivity contribution in [3.8, 4) is 5.75 Å². The lowest BCUT2D eigenvalue weighted by Gasteiger charge is -2.29. The quantitative estimate of drug-likeness (QED) is 0.770. The number of hydrogen-bond acceptors (Lipinski definition) is 4. The summed E-state index contributed by atoms with van der Waals surface area (Å²) in [4.78, 5) is 0. The summed E-state index contributed by atoms with van der Waals surface area (Å²) < 4.78 is 10.2. The van der Waals surface area contributed by atoms with E-state index in [0.29, 0.717) is 6.61 Å². The summed E-state index contributed by atoms with van der Waals surface area (Å²) in [7, 11) is 3.24. The number of methoxy groups -OCH3 is 2. The van der Waals surface area contributed by atoms with Gasteiger partial charge in [-0.15, -0.1) is 0 Å². The van der Waals surface area contributed by atoms with E-state index in [1.54, 1.807) is 14.2 Å². The van der Waals surface area contributed by atoms with Crippen LogP contribution in [-0.2, 0) is 4.74 Å². The van der Waals surface area contributed by atoms with Crippen molar-refractivity contribution in [2.75, 3.05) is 32.8 Å². The molecule has 1 unspecified atom stereocenters.